The molecule has 3 rings (SSSR count). The van der Waals surface area contributed by atoms with Crippen LogP contribution in [0, 0.1) is 6.92 Å². The summed E-state index contributed by atoms with van der Waals surface area (Å²) >= 11 is 5.96. The number of hydrogen-bond donors (Lipinski definition) is 1. The van der Waals surface area contributed by atoms with Gasteiger partial charge in [0.15, 0.2) is 0 Å². The highest BCUT2D eigenvalue weighted by Gasteiger charge is 2.36. The van der Waals surface area contributed by atoms with Crippen LogP contribution in [-0.2, 0) is 0 Å². The molecule has 1 amide bonds. The molecule has 0 aliphatic carbocycles. The Morgan fingerprint density at radius 2 is 1.95 bits per heavy atom. The number of fused-ring (bicyclic) bond motifs is 2. The molecule has 2 aliphatic heterocycles. The molecule has 2 fully saturated rings. The maximum Gasteiger partial charge on any atom is 0.254 e. The first kappa shape index (κ1) is 13.9. The summed E-state index contributed by atoms with van der Waals surface area (Å²) in [4.78, 5) is 14.6. The highest BCUT2D eigenvalue weighted by atomic mass is 35.5. The van der Waals surface area contributed by atoms with Gasteiger partial charge in [-0.3, -0.25) is 4.79 Å². The number of aryl methyl sites for hydroxylation is 1. The van der Waals surface area contributed by atoms with Gasteiger partial charge >= 0.3 is 0 Å². The van der Waals surface area contributed by atoms with Crippen LogP contribution in [0.4, 0.5) is 0 Å². The second-order valence-corrected chi connectivity index (χ2v) is 6.57. The summed E-state index contributed by atoms with van der Waals surface area (Å²) in [5.74, 6) is 0.116. The van der Waals surface area contributed by atoms with Crippen LogP contribution in [0.2, 0.25) is 5.02 Å². The molecule has 2 saturated heterocycles. The van der Waals surface area contributed by atoms with Crippen LogP contribution in [0.25, 0.3) is 0 Å². The molecule has 2 unspecified atom stereocenters. The summed E-state index contributed by atoms with van der Waals surface area (Å²) in [6.07, 6.45) is 4.66. The predicted molar refractivity (Wildman–Crippen MR) is 81.3 cm³/mol. The fraction of sp³-hybridized carbons (Fsp3) is 0.562. The van der Waals surface area contributed by atoms with E-state index in [4.69, 9.17) is 11.6 Å². The van der Waals surface area contributed by atoms with Gasteiger partial charge in [0.25, 0.3) is 5.91 Å². The van der Waals surface area contributed by atoms with E-state index >= 15 is 0 Å². The molecule has 0 saturated carbocycles. The van der Waals surface area contributed by atoms with E-state index < -0.39 is 0 Å². The molecule has 20 heavy (non-hydrogen) atoms. The van der Waals surface area contributed by atoms with Crippen LogP contribution < -0.4 is 5.32 Å². The van der Waals surface area contributed by atoms with Gasteiger partial charge in [0.1, 0.15) is 0 Å². The molecule has 2 bridgehead atoms. The summed E-state index contributed by atoms with van der Waals surface area (Å²) in [6.45, 7) is 1.94. The van der Waals surface area contributed by atoms with Crippen molar-refractivity contribution in [2.45, 2.75) is 50.7 Å². The average Bonchev–Trinajstić information content (AvgIpc) is 2.76. The van der Waals surface area contributed by atoms with E-state index in [0.29, 0.717) is 23.1 Å². The normalized spacial score (nSPS) is 28.4. The Balaban J connectivity index is 1.76. The summed E-state index contributed by atoms with van der Waals surface area (Å²) < 4.78 is 0. The van der Waals surface area contributed by atoms with Crippen molar-refractivity contribution < 1.29 is 4.79 Å². The molecule has 0 spiro atoms. The first-order valence-electron chi connectivity index (χ1n) is 7.34. The van der Waals surface area contributed by atoms with Crippen LogP contribution in [0.1, 0.15) is 41.6 Å². The number of halogens is 1. The number of piperidine rings is 1. The zero-order valence-corrected chi connectivity index (χ0v) is 12.8. The van der Waals surface area contributed by atoms with Gasteiger partial charge in [-0.2, -0.15) is 0 Å². The van der Waals surface area contributed by atoms with Crippen molar-refractivity contribution in [1.29, 1.82) is 0 Å². The third kappa shape index (κ3) is 2.57. The lowest BCUT2D eigenvalue weighted by atomic mass is 9.97. The summed E-state index contributed by atoms with van der Waals surface area (Å²) in [5, 5.41) is 4.30. The molecule has 3 nitrogen and oxygen atoms in total. The number of carbonyl (C=O) groups excluding carboxylic acids is 1. The smallest absolute Gasteiger partial charge is 0.254 e. The van der Waals surface area contributed by atoms with Crippen LogP contribution in [0.3, 0.4) is 0 Å². The average molecular weight is 293 g/mol. The second kappa shape index (κ2) is 5.38. The fourth-order valence-corrected chi connectivity index (χ4v) is 3.79. The molecule has 4 heteroatoms. The topological polar surface area (TPSA) is 32.3 Å². The Morgan fingerprint density at radius 1 is 1.30 bits per heavy atom. The number of rotatable bonds is 2. The van der Waals surface area contributed by atoms with Crippen LogP contribution in [0.15, 0.2) is 18.2 Å². The third-order valence-corrected chi connectivity index (χ3v) is 4.97. The first-order chi connectivity index (χ1) is 9.54. The van der Waals surface area contributed by atoms with Gasteiger partial charge in [-0.05, 0) is 56.4 Å². The second-order valence-electron chi connectivity index (χ2n) is 6.14. The number of nitrogens with one attached hydrogen (secondary N) is 1. The minimum Gasteiger partial charge on any atom is -0.339 e. The summed E-state index contributed by atoms with van der Waals surface area (Å²) in [6, 6.07) is 7.04. The molecule has 1 N–H and O–H groups in total. The lowest BCUT2D eigenvalue weighted by Crippen LogP contribution is -2.48. The van der Waals surface area contributed by atoms with Gasteiger partial charge in [0.05, 0.1) is 0 Å². The minimum absolute atomic E-state index is 0.116. The minimum atomic E-state index is 0.116. The van der Waals surface area contributed by atoms with Crippen LogP contribution in [0.5, 0.6) is 0 Å². The van der Waals surface area contributed by atoms with E-state index in [1.54, 1.807) is 6.07 Å². The zero-order valence-electron chi connectivity index (χ0n) is 12.0. The Morgan fingerprint density at radius 3 is 2.55 bits per heavy atom. The molecular formula is C16H21ClN2O. The lowest BCUT2D eigenvalue weighted by Gasteiger charge is -2.35. The molecule has 1 aromatic rings. The van der Waals surface area contributed by atoms with Crippen molar-refractivity contribution in [2.75, 3.05) is 7.05 Å². The molecular weight excluding hydrogens is 272 g/mol. The van der Waals surface area contributed by atoms with Crippen molar-refractivity contribution in [3.63, 3.8) is 0 Å². The molecule has 0 aromatic heterocycles. The van der Waals surface area contributed by atoms with E-state index in [1.807, 2.05) is 31.0 Å². The van der Waals surface area contributed by atoms with Crippen molar-refractivity contribution in [3.05, 3.63) is 34.3 Å². The Bertz CT molecular complexity index is 519. The van der Waals surface area contributed by atoms with E-state index in [-0.39, 0.29) is 5.91 Å². The molecule has 2 atom stereocenters. The Labute approximate surface area is 125 Å². The number of carbonyl (C=O) groups is 1. The van der Waals surface area contributed by atoms with Gasteiger partial charge in [-0.25, -0.2) is 0 Å². The first-order valence-corrected chi connectivity index (χ1v) is 7.71. The van der Waals surface area contributed by atoms with Crippen molar-refractivity contribution in [2.24, 2.45) is 0 Å². The monoisotopic (exact) mass is 292 g/mol. The van der Waals surface area contributed by atoms with Crippen molar-refractivity contribution >= 4 is 17.5 Å². The zero-order chi connectivity index (χ0) is 14.3. The van der Waals surface area contributed by atoms with Crippen molar-refractivity contribution in [1.82, 2.24) is 10.2 Å². The lowest BCUT2D eigenvalue weighted by molar-refractivity contribution is 0.0681. The highest BCUT2D eigenvalue weighted by Crippen LogP contribution is 2.30. The van der Waals surface area contributed by atoms with Gasteiger partial charge in [-0.1, -0.05) is 11.6 Å². The van der Waals surface area contributed by atoms with Crippen LogP contribution in [-0.4, -0.2) is 36.0 Å². The number of hydrogen-bond acceptors (Lipinski definition) is 2. The van der Waals surface area contributed by atoms with Gasteiger partial charge < -0.3 is 10.2 Å². The molecule has 2 aliphatic rings. The van der Waals surface area contributed by atoms with Gasteiger partial charge in [-0.15, -0.1) is 0 Å². The predicted octanol–water partition coefficient (Wildman–Crippen LogP) is 3.00. The number of nitrogens with zero attached hydrogens (tertiary/aromatic N) is 1. The Hall–Kier alpha value is -1.06. The number of benzene rings is 1. The third-order valence-electron chi connectivity index (χ3n) is 4.74. The maximum atomic E-state index is 12.7. The van der Waals surface area contributed by atoms with Gasteiger partial charge in [0, 0.05) is 35.8 Å². The SMILES string of the molecule is Cc1cc(Cl)ccc1C(=O)N(C)C1CC2CCC(C1)N2. The highest BCUT2D eigenvalue weighted by molar-refractivity contribution is 6.30. The van der Waals surface area contributed by atoms with E-state index in [9.17, 15) is 4.79 Å². The largest absolute Gasteiger partial charge is 0.339 e. The summed E-state index contributed by atoms with van der Waals surface area (Å²) in [7, 11) is 1.94. The Kier molecular flexibility index (Phi) is 3.74. The van der Waals surface area contributed by atoms with E-state index in [0.717, 1.165) is 24.0 Å². The van der Waals surface area contributed by atoms with Gasteiger partial charge in [0.2, 0.25) is 0 Å². The quantitative estimate of drug-likeness (QED) is 0.909. The molecule has 108 valence electrons. The standard InChI is InChI=1S/C16H21ClN2O/c1-10-7-11(17)3-6-15(10)16(20)19(2)14-8-12-4-5-13(9-14)18-12/h3,6-7,12-14,18H,4-5,8-9H2,1-2H3. The molecule has 1 aromatic carbocycles. The fourth-order valence-electron chi connectivity index (χ4n) is 3.57. The molecule has 0 radical (unpaired) electrons. The van der Waals surface area contributed by atoms with Crippen molar-refractivity contribution in [3.8, 4) is 0 Å². The maximum absolute atomic E-state index is 12.7. The van der Waals surface area contributed by atoms with Crippen LogP contribution >= 0.6 is 11.6 Å². The number of amides is 1. The molecule has 2 heterocycles. The van der Waals surface area contributed by atoms with E-state index in [2.05, 4.69) is 5.32 Å². The van der Waals surface area contributed by atoms with E-state index in [1.165, 1.54) is 12.8 Å². The summed E-state index contributed by atoms with van der Waals surface area (Å²) in [5.41, 5.74) is 1.72.